The molecule has 8 heteroatoms. The van der Waals surface area contributed by atoms with Crippen LogP contribution in [0.1, 0.15) is 59.5 Å². The second kappa shape index (κ2) is 9.28. The van der Waals surface area contributed by atoms with Gasteiger partial charge in [-0.05, 0) is 51.8 Å². The fourth-order valence-electron chi connectivity index (χ4n) is 4.66. The Morgan fingerprint density at radius 1 is 1.03 bits per heavy atom. The second-order valence-electron chi connectivity index (χ2n) is 8.45. The molecule has 1 aromatic carbocycles. The van der Waals surface area contributed by atoms with Crippen LogP contribution in [0, 0.1) is 6.92 Å². The van der Waals surface area contributed by atoms with E-state index in [0.29, 0.717) is 29.7 Å². The molecule has 0 bridgehead atoms. The predicted octanol–water partition coefficient (Wildman–Crippen LogP) is 5.62. The highest BCUT2D eigenvalue weighted by Gasteiger charge is 2.35. The van der Waals surface area contributed by atoms with E-state index in [-0.39, 0.29) is 16.5 Å². The van der Waals surface area contributed by atoms with Gasteiger partial charge in [0.15, 0.2) is 0 Å². The van der Waals surface area contributed by atoms with Gasteiger partial charge in [0.05, 0.1) is 11.3 Å². The number of hydrogen-bond acceptors (Lipinski definition) is 4. The summed E-state index contributed by atoms with van der Waals surface area (Å²) in [6.07, 6.45) is 2.55. The quantitative estimate of drug-likeness (QED) is 0.608. The Labute approximate surface area is 185 Å². The second-order valence-corrected chi connectivity index (χ2v) is 9.45. The number of aryl methyl sites for hydroxylation is 1. The van der Waals surface area contributed by atoms with Crippen LogP contribution in [0.4, 0.5) is 13.2 Å². The van der Waals surface area contributed by atoms with Gasteiger partial charge in [-0.3, -0.25) is 4.79 Å². The molecule has 1 aromatic heterocycles. The number of halogens is 3. The number of amides is 1. The minimum atomic E-state index is -4.46. The van der Waals surface area contributed by atoms with Crippen LogP contribution >= 0.6 is 11.3 Å². The van der Waals surface area contributed by atoms with Crippen LogP contribution in [0.5, 0.6) is 0 Å². The van der Waals surface area contributed by atoms with Crippen molar-refractivity contribution < 1.29 is 18.0 Å². The SMILES string of the molecule is Cc1nc(-c2ccccc2C(F)(F)F)sc1C(=O)N1CCC(N2CCCCCC2)CC1. The molecular formula is C23H28F3N3OS. The summed E-state index contributed by atoms with van der Waals surface area (Å²) in [5, 5.41) is 0.244. The lowest BCUT2D eigenvalue weighted by Gasteiger charge is -2.38. The monoisotopic (exact) mass is 451 g/mol. The minimum absolute atomic E-state index is 0.0296. The van der Waals surface area contributed by atoms with Gasteiger partial charge in [-0.1, -0.05) is 31.0 Å². The molecule has 0 N–H and O–H groups in total. The molecule has 0 aliphatic carbocycles. The van der Waals surface area contributed by atoms with E-state index in [2.05, 4.69) is 9.88 Å². The molecular weight excluding hydrogens is 423 g/mol. The highest BCUT2D eigenvalue weighted by atomic mass is 32.1. The number of hydrogen-bond donors (Lipinski definition) is 0. The van der Waals surface area contributed by atoms with Crippen LogP contribution in [0.2, 0.25) is 0 Å². The molecule has 2 saturated heterocycles. The molecule has 31 heavy (non-hydrogen) atoms. The Morgan fingerprint density at radius 2 is 1.68 bits per heavy atom. The Hall–Kier alpha value is -1.93. The Bertz CT molecular complexity index is 911. The van der Waals surface area contributed by atoms with E-state index < -0.39 is 11.7 Å². The van der Waals surface area contributed by atoms with Gasteiger partial charge in [0.25, 0.3) is 5.91 Å². The molecule has 0 saturated carbocycles. The van der Waals surface area contributed by atoms with Crippen LogP contribution in [-0.4, -0.2) is 52.9 Å². The van der Waals surface area contributed by atoms with Crippen molar-refractivity contribution in [3.63, 3.8) is 0 Å². The van der Waals surface area contributed by atoms with E-state index in [4.69, 9.17) is 0 Å². The number of carbonyl (C=O) groups excluding carboxylic acids is 1. The van der Waals surface area contributed by atoms with E-state index in [0.717, 1.165) is 43.3 Å². The number of benzene rings is 1. The maximum atomic E-state index is 13.4. The van der Waals surface area contributed by atoms with Gasteiger partial charge in [0, 0.05) is 24.7 Å². The largest absolute Gasteiger partial charge is 0.417 e. The van der Waals surface area contributed by atoms with Crippen molar-refractivity contribution in [1.82, 2.24) is 14.8 Å². The Balaban J connectivity index is 1.47. The van der Waals surface area contributed by atoms with Gasteiger partial charge in [-0.2, -0.15) is 13.2 Å². The first-order chi connectivity index (χ1) is 14.8. The molecule has 0 atom stereocenters. The first kappa shape index (κ1) is 22.3. The van der Waals surface area contributed by atoms with Gasteiger partial charge >= 0.3 is 6.18 Å². The average Bonchev–Trinajstić information content (AvgIpc) is 2.96. The van der Waals surface area contributed by atoms with Crippen LogP contribution in [0.15, 0.2) is 24.3 Å². The summed E-state index contributed by atoms with van der Waals surface area (Å²) in [6, 6.07) is 5.94. The first-order valence-electron chi connectivity index (χ1n) is 11.0. The fraction of sp³-hybridized carbons (Fsp3) is 0.565. The summed E-state index contributed by atoms with van der Waals surface area (Å²) >= 11 is 1.06. The zero-order chi connectivity index (χ0) is 22.0. The smallest absolute Gasteiger partial charge is 0.338 e. The van der Waals surface area contributed by atoms with Crippen LogP contribution < -0.4 is 0 Å². The van der Waals surface area contributed by atoms with Crippen molar-refractivity contribution in [2.45, 2.75) is 57.7 Å². The molecule has 2 aromatic rings. The fourth-order valence-corrected chi connectivity index (χ4v) is 5.74. The highest BCUT2D eigenvalue weighted by Crippen LogP contribution is 2.39. The van der Waals surface area contributed by atoms with Gasteiger partial charge in [-0.15, -0.1) is 11.3 Å². The van der Waals surface area contributed by atoms with E-state index in [1.807, 2.05) is 4.90 Å². The third-order valence-electron chi connectivity index (χ3n) is 6.36. The van der Waals surface area contributed by atoms with Crippen molar-refractivity contribution in [2.75, 3.05) is 26.2 Å². The molecule has 0 radical (unpaired) electrons. The molecule has 4 nitrogen and oxygen atoms in total. The molecule has 4 rings (SSSR count). The molecule has 2 aliphatic heterocycles. The summed E-state index contributed by atoms with van der Waals surface area (Å²) in [4.78, 5) is 22.3. The lowest BCUT2D eigenvalue weighted by molar-refractivity contribution is -0.137. The Kier molecular flexibility index (Phi) is 6.67. The highest BCUT2D eigenvalue weighted by molar-refractivity contribution is 7.17. The maximum Gasteiger partial charge on any atom is 0.417 e. The predicted molar refractivity (Wildman–Crippen MR) is 116 cm³/mol. The number of piperidine rings is 1. The van der Waals surface area contributed by atoms with Crippen LogP contribution in [-0.2, 0) is 6.18 Å². The summed E-state index contributed by atoms with van der Waals surface area (Å²) in [7, 11) is 0. The number of carbonyl (C=O) groups is 1. The van der Waals surface area contributed by atoms with Gasteiger partial charge in [-0.25, -0.2) is 4.98 Å². The molecule has 2 fully saturated rings. The van der Waals surface area contributed by atoms with Gasteiger partial charge in [0.2, 0.25) is 0 Å². The van der Waals surface area contributed by atoms with Gasteiger partial charge < -0.3 is 9.80 Å². The number of alkyl halides is 3. The number of thiazole rings is 1. The van der Waals surface area contributed by atoms with Crippen LogP contribution in [0.3, 0.4) is 0 Å². The lowest BCUT2D eigenvalue weighted by atomic mass is 10.0. The first-order valence-corrected chi connectivity index (χ1v) is 11.8. The van der Waals surface area contributed by atoms with E-state index >= 15 is 0 Å². The van der Waals surface area contributed by atoms with E-state index in [1.165, 1.54) is 37.8 Å². The number of likely N-dealkylation sites (tertiary alicyclic amines) is 2. The number of rotatable bonds is 3. The third kappa shape index (κ3) is 4.95. The normalized spacial score (nSPS) is 19.4. The number of aromatic nitrogens is 1. The Morgan fingerprint density at radius 3 is 2.32 bits per heavy atom. The van der Waals surface area contributed by atoms with Gasteiger partial charge in [0.1, 0.15) is 9.88 Å². The molecule has 0 spiro atoms. The topological polar surface area (TPSA) is 36.4 Å². The van der Waals surface area contributed by atoms with Crippen molar-refractivity contribution in [2.24, 2.45) is 0 Å². The molecule has 3 heterocycles. The van der Waals surface area contributed by atoms with Crippen molar-refractivity contribution in [1.29, 1.82) is 0 Å². The standard InChI is InChI=1S/C23H28F3N3OS/c1-16-20(31-21(27-16)18-8-4-5-9-19(18)23(24,25)26)22(30)29-14-10-17(11-15-29)28-12-6-2-3-7-13-28/h4-5,8-9,17H,2-3,6-7,10-15H2,1H3. The van der Waals surface area contributed by atoms with Crippen molar-refractivity contribution in [3.05, 3.63) is 40.4 Å². The van der Waals surface area contributed by atoms with Crippen molar-refractivity contribution in [3.8, 4) is 10.6 Å². The molecule has 1 amide bonds. The maximum absolute atomic E-state index is 13.4. The zero-order valence-electron chi connectivity index (χ0n) is 17.7. The average molecular weight is 452 g/mol. The minimum Gasteiger partial charge on any atom is -0.338 e. The molecule has 0 unspecified atom stereocenters. The summed E-state index contributed by atoms with van der Waals surface area (Å²) in [6.45, 7) is 5.37. The molecule has 168 valence electrons. The van der Waals surface area contributed by atoms with E-state index in [9.17, 15) is 18.0 Å². The summed E-state index contributed by atoms with van der Waals surface area (Å²) < 4.78 is 40.2. The lowest BCUT2D eigenvalue weighted by Crippen LogP contribution is -2.47. The summed E-state index contributed by atoms with van der Waals surface area (Å²) in [5.74, 6) is -0.111. The third-order valence-corrected chi connectivity index (χ3v) is 7.54. The van der Waals surface area contributed by atoms with E-state index in [1.54, 1.807) is 13.0 Å². The van der Waals surface area contributed by atoms with Crippen molar-refractivity contribution >= 4 is 17.2 Å². The number of nitrogens with zero attached hydrogens (tertiary/aromatic N) is 3. The zero-order valence-corrected chi connectivity index (χ0v) is 18.6. The van der Waals surface area contributed by atoms with Crippen LogP contribution in [0.25, 0.3) is 10.6 Å². The summed E-state index contributed by atoms with van der Waals surface area (Å²) in [5.41, 5.74) is -0.195. The molecule has 2 aliphatic rings.